The summed E-state index contributed by atoms with van der Waals surface area (Å²) in [5.41, 5.74) is 0. The predicted octanol–water partition coefficient (Wildman–Crippen LogP) is 10.9. The molecule has 2 atom stereocenters. The molecular formula is C43H78NO8P. The van der Waals surface area contributed by atoms with Gasteiger partial charge in [-0.2, -0.15) is 0 Å². The second-order valence-corrected chi connectivity index (χ2v) is 16.4. The van der Waals surface area contributed by atoms with Crippen LogP contribution in [0, 0.1) is 0 Å². The number of carbonyl (C=O) groups excluding carboxylic acids is 2. The van der Waals surface area contributed by atoms with E-state index in [1.54, 1.807) is 0 Å². The third-order valence-electron chi connectivity index (χ3n) is 8.61. The van der Waals surface area contributed by atoms with E-state index >= 15 is 0 Å². The summed E-state index contributed by atoms with van der Waals surface area (Å²) in [7, 11) is 1.13. The largest absolute Gasteiger partial charge is 0.756 e. The zero-order chi connectivity index (χ0) is 39.3. The van der Waals surface area contributed by atoms with Crippen molar-refractivity contribution in [3.8, 4) is 0 Å². The molecule has 0 bridgehead atoms. The first kappa shape index (κ1) is 51.0. The van der Waals surface area contributed by atoms with E-state index in [2.05, 4.69) is 62.5 Å². The quantitative estimate of drug-likeness (QED) is 0.0202. The van der Waals surface area contributed by atoms with Gasteiger partial charge >= 0.3 is 11.9 Å². The monoisotopic (exact) mass is 768 g/mol. The maximum Gasteiger partial charge on any atom is 0.306 e. The van der Waals surface area contributed by atoms with Gasteiger partial charge in [-0.3, -0.25) is 14.2 Å². The lowest BCUT2D eigenvalue weighted by atomic mass is 10.0. The number of nitrogens with zero attached hydrogens (tertiary/aromatic N) is 1. The summed E-state index contributed by atoms with van der Waals surface area (Å²) < 4.78 is 33.8. The van der Waals surface area contributed by atoms with E-state index in [-0.39, 0.29) is 26.1 Å². The molecule has 0 aromatic heterocycles. The fraction of sp³-hybridized carbons (Fsp3) is 0.767. The van der Waals surface area contributed by atoms with Crippen molar-refractivity contribution < 1.29 is 42.1 Å². The van der Waals surface area contributed by atoms with Crippen molar-refractivity contribution in [1.82, 2.24) is 0 Å². The standard InChI is InChI=1S/C43H78NO8P/c1-6-8-10-12-14-16-18-20-22-24-26-28-30-32-34-36-43(46)52-41(40-51-53(47,48)50-38-37-44(3,4)5)39-49-42(45)35-33-31-29-27-25-23-21-19-17-15-13-11-9-7-2/h8,10,14,16,20,22,26,28,41H,6-7,9,11-13,15,17-19,21,23-25,27,29-40H2,1-5H3/b10-8-,16-14-,22-20-,28-26-/t41-/m1/s1. The highest BCUT2D eigenvalue weighted by molar-refractivity contribution is 7.45. The highest BCUT2D eigenvalue weighted by Gasteiger charge is 2.21. The van der Waals surface area contributed by atoms with Crippen LogP contribution in [0.1, 0.15) is 162 Å². The molecule has 10 heteroatoms. The van der Waals surface area contributed by atoms with Crippen LogP contribution in [0.4, 0.5) is 0 Å². The molecule has 0 saturated carbocycles. The van der Waals surface area contributed by atoms with E-state index in [4.69, 9.17) is 18.5 Å². The first-order valence-electron chi connectivity index (χ1n) is 20.8. The number of rotatable bonds is 37. The molecule has 0 aromatic rings. The number of ether oxygens (including phenoxy) is 2. The smallest absolute Gasteiger partial charge is 0.306 e. The Morgan fingerprint density at radius 1 is 0.604 bits per heavy atom. The van der Waals surface area contributed by atoms with Crippen molar-refractivity contribution in [2.45, 2.75) is 168 Å². The number of carbonyl (C=O) groups is 2. The van der Waals surface area contributed by atoms with Crippen molar-refractivity contribution in [2.24, 2.45) is 0 Å². The van der Waals surface area contributed by atoms with Crippen LogP contribution in [0.15, 0.2) is 48.6 Å². The summed E-state index contributed by atoms with van der Waals surface area (Å²) in [6.45, 7) is 4.05. The van der Waals surface area contributed by atoms with E-state index in [9.17, 15) is 19.0 Å². The first-order chi connectivity index (χ1) is 25.5. The fourth-order valence-electron chi connectivity index (χ4n) is 5.35. The fourth-order valence-corrected chi connectivity index (χ4v) is 6.08. The molecule has 0 aliphatic carbocycles. The van der Waals surface area contributed by atoms with Crippen LogP contribution in [-0.2, 0) is 32.7 Å². The molecule has 308 valence electrons. The van der Waals surface area contributed by atoms with E-state index in [1.807, 2.05) is 21.1 Å². The van der Waals surface area contributed by atoms with Gasteiger partial charge in [0.2, 0.25) is 0 Å². The van der Waals surface area contributed by atoms with E-state index < -0.39 is 32.5 Å². The normalized spacial score (nSPS) is 14.2. The molecule has 0 aliphatic heterocycles. The van der Waals surface area contributed by atoms with Gasteiger partial charge in [0.15, 0.2) is 6.10 Å². The highest BCUT2D eigenvalue weighted by Crippen LogP contribution is 2.38. The first-order valence-corrected chi connectivity index (χ1v) is 22.3. The second-order valence-electron chi connectivity index (χ2n) is 15.0. The minimum atomic E-state index is -4.63. The number of unbranched alkanes of at least 4 members (excludes halogenated alkanes) is 15. The van der Waals surface area contributed by atoms with Gasteiger partial charge in [0, 0.05) is 12.8 Å². The topological polar surface area (TPSA) is 111 Å². The molecule has 0 fully saturated rings. The number of hydrogen-bond acceptors (Lipinski definition) is 8. The van der Waals surface area contributed by atoms with Gasteiger partial charge in [-0.1, -0.05) is 146 Å². The molecule has 1 unspecified atom stereocenters. The van der Waals surface area contributed by atoms with Crippen LogP contribution in [0.2, 0.25) is 0 Å². The van der Waals surface area contributed by atoms with Gasteiger partial charge in [-0.25, -0.2) is 0 Å². The number of esters is 2. The molecule has 0 heterocycles. The minimum Gasteiger partial charge on any atom is -0.756 e. The average Bonchev–Trinajstić information content (AvgIpc) is 3.10. The van der Waals surface area contributed by atoms with E-state index in [0.717, 1.165) is 57.8 Å². The van der Waals surface area contributed by atoms with Gasteiger partial charge in [-0.05, 0) is 51.4 Å². The lowest BCUT2D eigenvalue weighted by Crippen LogP contribution is -2.37. The molecule has 9 nitrogen and oxygen atoms in total. The second kappa shape index (κ2) is 35.7. The van der Waals surface area contributed by atoms with Crippen molar-refractivity contribution in [1.29, 1.82) is 0 Å². The van der Waals surface area contributed by atoms with Crippen LogP contribution in [0.3, 0.4) is 0 Å². The molecule has 0 saturated heterocycles. The summed E-state index contributed by atoms with van der Waals surface area (Å²) in [4.78, 5) is 37.4. The number of quaternary nitrogens is 1. The van der Waals surface area contributed by atoms with Gasteiger partial charge in [0.05, 0.1) is 27.7 Å². The van der Waals surface area contributed by atoms with Gasteiger partial charge in [0.25, 0.3) is 7.82 Å². The molecular weight excluding hydrogens is 689 g/mol. The number of hydrogen-bond donors (Lipinski definition) is 0. The third kappa shape index (κ3) is 39.5. The van der Waals surface area contributed by atoms with E-state index in [0.29, 0.717) is 17.4 Å². The number of allylic oxidation sites excluding steroid dienone is 8. The zero-order valence-electron chi connectivity index (χ0n) is 34.4. The summed E-state index contributed by atoms with van der Waals surface area (Å²) >= 11 is 0. The number of phosphoric acid groups is 1. The average molecular weight is 768 g/mol. The van der Waals surface area contributed by atoms with Crippen LogP contribution in [-0.4, -0.2) is 70.0 Å². The molecule has 53 heavy (non-hydrogen) atoms. The van der Waals surface area contributed by atoms with Crippen LogP contribution >= 0.6 is 7.82 Å². The molecule has 0 amide bonds. The Morgan fingerprint density at radius 3 is 1.60 bits per heavy atom. The zero-order valence-corrected chi connectivity index (χ0v) is 35.3. The maximum absolute atomic E-state index is 12.6. The van der Waals surface area contributed by atoms with Crippen LogP contribution in [0.25, 0.3) is 0 Å². The molecule has 0 spiro atoms. The molecule has 0 N–H and O–H groups in total. The highest BCUT2D eigenvalue weighted by atomic mass is 31.2. The number of likely N-dealkylation sites (N-methyl/N-ethyl adjacent to an activating group) is 1. The Labute approximate surface area is 324 Å². The molecule has 0 aliphatic rings. The Balaban J connectivity index is 4.46. The molecule has 0 radical (unpaired) electrons. The maximum atomic E-state index is 12.6. The summed E-state index contributed by atoms with van der Waals surface area (Å²) in [5, 5.41) is 0. The SMILES string of the molecule is CC/C=C\C/C=C\C/C=C\C/C=C\CCCCC(=O)O[C@H](COC(=O)CCCCCCCCCCCCCCCC)COP(=O)([O-])OCC[N+](C)(C)C. The van der Waals surface area contributed by atoms with Crippen molar-refractivity contribution in [2.75, 3.05) is 47.5 Å². The lowest BCUT2D eigenvalue weighted by molar-refractivity contribution is -0.870. The van der Waals surface area contributed by atoms with Crippen LogP contribution in [0.5, 0.6) is 0 Å². The van der Waals surface area contributed by atoms with Gasteiger partial charge < -0.3 is 27.9 Å². The minimum absolute atomic E-state index is 0.0395. The summed E-state index contributed by atoms with van der Waals surface area (Å²) in [6.07, 6.45) is 40.0. The van der Waals surface area contributed by atoms with E-state index in [1.165, 1.54) is 70.6 Å². The summed E-state index contributed by atoms with van der Waals surface area (Å²) in [5.74, 6) is -0.883. The van der Waals surface area contributed by atoms with Gasteiger partial charge in [0.1, 0.15) is 19.8 Å². The molecule has 0 aromatic carbocycles. The Morgan fingerprint density at radius 2 is 1.08 bits per heavy atom. The van der Waals surface area contributed by atoms with Crippen LogP contribution < -0.4 is 4.89 Å². The third-order valence-corrected chi connectivity index (χ3v) is 9.58. The Bertz CT molecular complexity index is 1050. The van der Waals surface area contributed by atoms with Gasteiger partial charge in [-0.15, -0.1) is 0 Å². The Hall–Kier alpha value is -2.03. The Kier molecular flexibility index (Phi) is 34.3. The lowest BCUT2D eigenvalue weighted by Gasteiger charge is -2.28. The molecule has 0 rings (SSSR count). The van der Waals surface area contributed by atoms with Crippen molar-refractivity contribution >= 4 is 19.8 Å². The van der Waals surface area contributed by atoms with Crippen molar-refractivity contribution in [3.05, 3.63) is 48.6 Å². The number of phosphoric ester groups is 1. The predicted molar refractivity (Wildman–Crippen MR) is 217 cm³/mol. The summed E-state index contributed by atoms with van der Waals surface area (Å²) in [6, 6.07) is 0. The van der Waals surface area contributed by atoms with Crippen molar-refractivity contribution in [3.63, 3.8) is 0 Å².